The maximum absolute atomic E-state index is 12.4. The van der Waals surface area contributed by atoms with Crippen LogP contribution in [0.25, 0.3) is 0 Å². The summed E-state index contributed by atoms with van der Waals surface area (Å²) in [6.45, 7) is 4.00. The average molecular weight is 326 g/mol. The fourth-order valence-corrected chi connectivity index (χ4v) is 3.99. The molecule has 0 saturated carbocycles. The van der Waals surface area contributed by atoms with Gasteiger partial charge in [-0.25, -0.2) is 13.1 Å². The Labute approximate surface area is 128 Å². The summed E-state index contributed by atoms with van der Waals surface area (Å²) in [5.74, 6) is 0.289. The molecule has 21 heavy (non-hydrogen) atoms. The van der Waals surface area contributed by atoms with E-state index >= 15 is 0 Å². The van der Waals surface area contributed by atoms with Crippen LogP contribution < -0.4 is 15.2 Å². The lowest BCUT2D eigenvalue weighted by Gasteiger charge is -2.13. The Morgan fingerprint density at radius 3 is 2.57 bits per heavy atom. The fourth-order valence-electron chi connectivity index (χ4n) is 1.87. The second kappa shape index (κ2) is 6.05. The third-order valence-corrected chi connectivity index (χ3v) is 5.68. The highest BCUT2D eigenvalue weighted by Gasteiger charge is 2.21. The van der Waals surface area contributed by atoms with Crippen molar-refractivity contribution >= 4 is 27.0 Å². The lowest BCUT2D eigenvalue weighted by molar-refractivity contribution is 0.402. The van der Waals surface area contributed by atoms with E-state index in [1.807, 2.05) is 18.4 Å². The molecule has 0 fully saturated rings. The van der Waals surface area contributed by atoms with Crippen LogP contribution in [-0.2, 0) is 16.6 Å². The van der Waals surface area contributed by atoms with Crippen molar-refractivity contribution in [2.24, 2.45) is 0 Å². The molecule has 0 aliphatic rings. The standard InChI is InChI=1S/C14H18N2O3S2/c1-9-4-5-20-13(9)8-16-21(17,18)14-7-11(15)10(2)6-12(14)19-3/h4-7,16H,8,15H2,1-3H3. The first-order valence-electron chi connectivity index (χ1n) is 6.32. The Morgan fingerprint density at radius 2 is 2.00 bits per heavy atom. The van der Waals surface area contributed by atoms with Crippen molar-refractivity contribution in [2.45, 2.75) is 25.3 Å². The molecule has 0 aliphatic carbocycles. The Bertz CT molecular complexity index is 752. The zero-order valence-electron chi connectivity index (χ0n) is 12.1. The molecule has 0 radical (unpaired) electrons. The summed E-state index contributed by atoms with van der Waals surface area (Å²) in [5, 5.41) is 1.93. The summed E-state index contributed by atoms with van der Waals surface area (Å²) in [6.07, 6.45) is 0. The molecule has 0 spiro atoms. The number of benzene rings is 1. The lowest BCUT2D eigenvalue weighted by Crippen LogP contribution is -2.24. The van der Waals surface area contributed by atoms with Crippen LogP contribution in [0, 0.1) is 13.8 Å². The molecule has 5 nitrogen and oxygen atoms in total. The Hall–Kier alpha value is -1.57. The lowest BCUT2D eigenvalue weighted by atomic mass is 10.2. The minimum atomic E-state index is -3.68. The van der Waals surface area contributed by atoms with Gasteiger partial charge >= 0.3 is 0 Å². The van der Waals surface area contributed by atoms with Crippen molar-refractivity contribution in [3.05, 3.63) is 39.6 Å². The second-order valence-electron chi connectivity index (χ2n) is 4.71. The van der Waals surface area contributed by atoms with Crippen molar-refractivity contribution in [1.29, 1.82) is 0 Å². The third kappa shape index (κ3) is 3.37. The van der Waals surface area contributed by atoms with Crippen LogP contribution in [0.3, 0.4) is 0 Å². The van der Waals surface area contributed by atoms with E-state index in [9.17, 15) is 8.42 Å². The Kier molecular flexibility index (Phi) is 4.55. The fraction of sp³-hybridized carbons (Fsp3) is 0.286. The number of hydrogen-bond donors (Lipinski definition) is 2. The molecule has 2 rings (SSSR count). The van der Waals surface area contributed by atoms with Gasteiger partial charge in [0, 0.05) is 17.1 Å². The molecule has 1 heterocycles. The molecule has 1 aromatic carbocycles. The summed E-state index contributed by atoms with van der Waals surface area (Å²) < 4.78 is 32.6. The van der Waals surface area contributed by atoms with E-state index in [2.05, 4.69) is 4.72 Å². The van der Waals surface area contributed by atoms with E-state index in [1.165, 1.54) is 24.5 Å². The van der Waals surface area contributed by atoms with Gasteiger partial charge in [0.25, 0.3) is 0 Å². The minimum Gasteiger partial charge on any atom is -0.495 e. The molecule has 1 aromatic heterocycles. The van der Waals surface area contributed by atoms with Crippen molar-refractivity contribution in [3.8, 4) is 5.75 Å². The SMILES string of the molecule is COc1cc(C)c(N)cc1S(=O)(=O)NCc1sccc1C. The number of thiophene rings is 1. The highest BCUT2D eigenvalue weighted by Crippen LogP contribution is 2.29. The molecular weight excluding hydrogens is 308 g/mol. The predicted molar refractivity (Wildman–Crippen MR) is 85.2 cm³/mol. The first-order valence-corrected chi connectivity index (χ1v) is 8.68. The van der Waals surface area contributed by atoms with E-state index in [-0.39, 0.29) is 17.2 Å². The van der Waals surface area contributed by atoms with Crippen molar-refractivity contribution in [3.63, 3.8) is 0 Å². The third-order valence-electron chi connectivity index (χ3n) is 3.23. The van der Waals surface area contributed by atoms with Gasteiger partial charge in [-0.1, -0.05) is 0 Å². The topological polar surface area (TPSA) is 81.4 Å². The zero-order chi connectivity index (χ0) is 15.6. The molecule has 114 valence electrons. The van der Waals surface area contributed by atoms with E-state index in [0.717, 1.165) is 16.0 Å². The quantitative estimate of drug-likeness (QED) is 0.827. The van der Waals surface area contributed by atoms with E-state index in [1.54, 1.807) is 13.0 Å². The number of aryl methyl sites for hydroxylation is 2. The second-order valence-corrected chi connectivity index (χ2v) is 7.45. The number of hydrogen-bond acceptors (Lipinski definition) is 5. The maximum Gasteiger partial charge on any atom is 0.244 e. The normalized spacial score (nSPS) is 11.6. The summed E-state index contributed by atoms with van der Waals surface area (Å²) in [6, 6.07) is 5.01. The molecule has 0 unspecified atom stereocenters. The average Bonchev–Trinajstić information content (AvgIpc) is 2.84. The van der Waals surface area contributed by atoms with Crippen molar-refractivity contribution in [2.75, 3.05) is 12.8 Å². The van der Waals surface area contributed by atoms with Crippen LogP contribution in [0.15, 0.2) is 28.5 Å². The van der Waals surface area contributed by atoms with Gasteiger partial charge in [0.05, 0.1) is 7.11 Å². The highest BCUT2D eigenvalue weighted by molar-refractivity contribution is 7.89. The molecule has 0 amide bonds. The van der Waals surface area contributed by atoms with E-state index in [0.29, 0.717) is 5.69 Å². The number of ether oxygens (including phenoxy) is 1. The van der Waals surface area contributed by atoms with Crippen LogP contribution in [0.1, 0.15) is 16.0 Å². The molecule has 7 heteroatoms. The summed E-state index contributed by atoms with van der Waals surface area (Å²) in [5.41, 5.74) is 8.08. The van der Waals surface area contributed by atoms with Gasteiger partial charge in [0.15, 0.2) is 0 Å². The highest BCUT2D eigenvalue weighted by atomic mass is 32.2. The maximum atomic E-state index is 12.4. The van der Waals surface area contributed by atoms with E-state index in [4.69, 9.17) is 10.5 Å². The Balaban J connectivity index is 2.31. The summed E-state index contributed by atoms with van der Waals surface area (Å²) >= 11 is 1.52. The minimum absolute atomic E-state index is 0.0577. The molecule has 0 atom stereocenters. The number of anilines is 1. The number of sulfonamides is 1. The molecule has 3 N–H and O–H groups in total. The predicted octanol–water partition coefficient (Wildman–Crippen LogP) is 2.43. The summed E-state index contributed by atoms with van der Waals surface area (Å²) in [7, 11) is -2.25. The Morgan fingerprint density at radius 1 is 1.29 bits per heavy atom. The molecule has 0 saturated heterocycles. The van der Waals surface area contributed by atoms with Crippen molar-refractivity contribution in [1.82, 2.24) is 4.72 Å². The number of nitrogen functional groups attached to an aromatic ring is 1. The van der Waals surface area contributed by atoms with Gasteiger partial charge < -0.3 is 10.5 Å². The van der Waals surface area contributed by atoms with Gasteiger partial charge in [-0.15, -0.1) is 11.3 Å². The van der Waals surface area contributed by atoms with Gasteiger partial charge in [-0.2, -0.15) is 0 Å². The van der Waals surface area contributed by atoms with Gasteiger partial charge in [0.1, 0.15) is 10.6 Å². The van der Waals surface area contributed by atoms with Gasteiger partial charge in [-0.05, 0) is 48.6 Å². The van der Waals surface area contributed by atoms with Crippen LogP contribution in [0.4, 0.5) is 5.69 Å². The number of rotatable bonds is 5. The number of methoxy groups -OCH3 is 1. The van der Waals surface area contributed by atoms with Gasteiger partial charge in [0.2, 0.25) is 10.0 Å². The molecule has 2 aromatic rings. The van der Waals surface area contributed by atoms with Crippen LogP contribution >= 0.6 is 11.3 Å². The van der Waals surface area contributed by atoms with Crippen molar-refractivity contribution < 1.29 is 13.2 Å². The van der Waals surface area contributed by atoms with Gasteiger partial charge in [-0.3, -0.25) is 0 Å². The number of nitrogens with one attached hydrogen (secondary N) is 1. The van der Waals surface area contributed by atoms with Crippen LogP contribution in [0.5, 0.6) is 5.75 Å². The number of nitrogens with two attached hydrogens (primary N) is 1. The first-order chi connectivity index (χ1) is 9.85. The molecular formula is C14H18N2O3S2. The van der Waals surface area contributed by atoms with Crippen LogP contribution in [0.2, 0.25) is 0 Å². The zero-order valence-corrected chi connectivity index (χ0v) is 13.8. The monoisotopic (exact) mass is 326 g/mol. The van der Waals surface area contributed by atoms with Crippen LogP contribution in [-0.4, -0.2) is 15.5 Å². The van der Waals surface area contributed by atoms with E-state index < -0.39 is 10.0 Å². The smallest absolute Gasteiger partial charge is 0.244 e. The molecule has 0 bridgehead atoms. The molecule has 0 aliphatic heterocycles. The summed E-state index contributed by atoms with van der Waals surface area (Å²) in [4.78, 5) is 1.04. The first kappa shape index (κ1) is 15.8. The largest absolute Gasteiger partial charge is 0.495 e.